The fourth-order valence-electron chi connectivity index (χ4n) is 1.74. The lowest BCUT2D eigenvalue weighted by Crippen LogP contribution is -2.22. The molecule has 84 valence electrons. The van der Waals surface area contributed by atoms with Crippen LogP contribution < -0.4 is 4.74 Å². The Hall–Kier alpha value is 0.120. The van der Waals surface area contributed by atoms with Crippen LogP contribution in [0.2, 0.25) is 0 Å². The summed E-state index contributed by atoms with van der Waals surface area (Å²) >= 11 is 3.98. The molecule has 2 heterocycles. The number of thiazole rings is 1. The van der Waals surface area contributed by atoms with E-state index >= 15 is 0 Å². The van der Waals surface area contributed by atoms with Gasteiger partial charge in [-0.05, 0) is 19.3 Å². The Morgan fingerprint density at radius 2 is 2.53 bits per heavy atom. The van der Waals surface area contributed by atoms with Crippen molar-refractivity contribution in [3.05, 3.63) is 11.1 Å². The van der Waals surface area contributed by atoms with Gasteiger partial charge in [0.1, 0.15) is 0 Å². The molecule has 0 aromatic carbocycles. The lowest BCUT2D eigenvalue weighted by molar-refractivity contribution is -0.0357. The van der Waals surface area contributed by atoms with Crippen LogP contribution in [-0.2, 0) is 4.74 Å². The van der Waals surface area contributed by atoms with Gasteiger partial charge < -0.3 is 9.47 Å². The number of hydrogen-bond acceptors (Lipinski definition) is 4. The zero-order valence-electron chi connectivity index (χ0n) is 8.61. The van der Waals surface area contributed by atoms with E-state index in [2.05, 4.69) is 27.6 Å². The minimum absolute atomic E-state index is 0.236. The van der Waals surface area contributed by atoms with E-state index in [4.69, 9.17) is 9.47 Å². The maximum absolute atomic E-state index is 5.99. The second-order valence-corrected chi connectivity index (χ2v) is 5.47. The summed E-state index contributed by atoms with van der Waals surface area (Å²) in [6, 6.07) is 0. The second kappa shape index (κ2) is 5.45. The Bertz CT molecular complexity index is 318. The summed E-state index contributed by atoms with van der Waals surface area (Å²) in [4.78, 5) is 5.37. The molecule has 1 aromatic rings. The van der Waals surface area contributed by atoms with Gasteiger partial charge in [-0.15, -0.1) is 0 Å². The highest BCUT2D eigenvalue weighted by Crippen LogP contribution is 2.36. The average molecular weight is 339 g/mol. The molecule has 5 heteroatoms. The number of hydrogen-bond donors (Lipinski definition) is 0. The van der Waals surface area contributed by atoms with Crippen LogP contribution in [0.25, 0.3) is 0 Å². The van der Waals surface area contributed by atoms with E-state index in [0.29, 0.717) is 6.10 Å². The van der Waals surface area contributed by atoms with Gasteiger partial charge in [-0.3, -0.25) is 0 Å². The molecule has 0 N–H and O–H groups in total. The van der Waals surface area contributed by atoms with Crippen LogP contribution in [0.15, 0.2) is 6.20 Å². The average Bonchev–Trinajstić information content (AvgIpc) is 2.78. The van der Waals surface area contributed by atoms with Crippen molar-refractivity contribution in [3.8, 4) is 5.19 Å². The van der Waals surface area contributed by atoms with Gasteiger partial charge >= 0.3 is 0 Å². The summed E-state index contributed by atoms with van der Waals surface area (Å²) in [6.45, 7) is 0. The van der Waals surface area contributed by atoms with Gasteiger partial charge in [0, 0.05) is 10.6 Å². The summed E-state index contributed by atoms with van der Waals surface area (Å²) in [5.41, 5.74) is 0. The first kappa shape index (κ1) is 11.6. The molecule has 0 saturated carbocycles. The van der Waals surface area contributed by atoms with Gasteiger partial charge in [0.05, 0.1) is 24.2 Å². The van der Waals surface area contributed by atoms with Crippen molar-refractivity contribution in [2.45, 2.75) is 31.5 Å². The van der Waals surface area contributed by atoms with E-state index in [1.54, 1.807) is 18.4 Å². The SMILES string of the molecule is COc1ncc(C2CCCC(CI)O2)s1. The van der Waals surface area contributed by atoms with Crippen molar-refractivity contribution in [2.75, 3.05) is 11.5 Å². The number of aromatic nitrogens is 1. The number of nitrogens with zero attached hydrogens (tertiary/aromatic N) is 1. The third kappa shape index (κ3) is 2.82. The molecule has 1 aliphatic heterocycles. The van der Waals surface area contributed by atoms with Crippen molar-refractivity contribution >= 4 is 33.9 Å². The predicted octanol–water partition coefficient (Wildman–Crippen LogP) is 3.20. The first-order valence-corrected chi connectivity index (χ1v) is 7.39. The molecule has 15 heavy (non-hydrogen) atoms. The van der Waals surface area contributed by atoms with Crippen LogP contribution >= 0.6 is 33.9 Å². The van der Waals surface area contributed by atoms with Gasteiger partial charge in [-0.1, -0.05) is 33.9 Å². The quantitative estimate of drug-likeness (QED) is 0.626. The van der Waals surface area contributed by atoms with Gasteiger partial charge in [0.2, 0.25) is 0 Å². The topological polar surface area (TPSA) is 31.4 Å². The van der Waals surface area contributed by atoms with Gasteiger partial charge in [-0.2, -0.15) is 0 Å². The lowest BCUT2D eigenvalue weighted by atomic mass is 10.0. The second-order valence-electron chi connectivity index (χ2n) is 3.56. The zero-order valence-corrected chi connectivity index (χ0v) is 11.6. The molecular weight excluding hydrogens is 325 g/mol. The molecule has 1 aromatic heterocycles. The monoisotopic (exact) mass is 339 g/mol. The van der Waals surface area contributed by atoms with Crippen LogP contribution in [-0.4, -0.2) is 22.6 Å². The normalized spacial score (nSPS) is 26.5. The Labute approximate surface area is 107 Å². The smallest absolute Gasteiger partial charge is 0.273 e. The third-order valence-electron chi connectivity index (χ3n) is 2.52. The standard InChI is InChI=1S/C10H14INO2S/c1-13-10-12-6-9(15-10)8-4-2-3-7(5-11)14-8/h6-8H,2-5H2,1H3. The molecule has 0 aliphatic carbocycles. The fraction of sp³-hybridized carbons (Fsp3) is 0.700. The van der Waals surface area contributed by atoms with Crippen molar-refractivity contribution in [2.24, 2.45) is 0 Å². The largest absolute Gasteiger partial charge is 0.473 e. The Morgan fingerprint density at radius 1 is 1.67 bits per heavy atom. The van der Waals surface area contributed by atoms with Gasteiger partial charge in [0.25, 0.3) is 5.19 Å². The zero-order chi connectivity index (χ0) is 10.7. The lowest BCUT2D eigenvalue weighted by Gasteiger charge is -2.27. The van der Waals surface area contributed by atoms with Crippen molar-refractivity contribution in [3.63, 3.8) is 0 Å². The van der Waals surface area contributed by atoms with Crippen LogP contribution in [0.5, 0.6) is 5.19 Å². The summed E-state index contributed by atoms with van der Waals surface area (Å²) in [5, 5.41) is 0.727. The van der Waals surface area contributed by atoms with E-state index in [1.807, 2.05) is 6.20 Å². The molecular formula is C10H14INO2S. The molecule has 0 amide bonds. The molecule has 1 fully saturated rings. The van der Waals surface area contributed by atoms with Crippen LogP contribution in [0, 0.1) is 0 Å². The summed E-state index contributed by atoms with van der Waals surface area (Å²) in [6.07, 6.45) is 6.08. The summed E-state index contributed by atoms with van der Waals surface area (Å²) in [5.74, 6) is 0. The molecule has 2 atom stereocenters. The summed E-state index contributed by atoms with van der Waals surface area (Å²) in [7, 11) is 1.65. The minimum atomic E-state index is 0.236. The number of ether oxygens (including phenoxy) is 2. The van der Waals surface area contributed by atoms with E-state index in [-0.39, 0.29) is 6.10 Å². The molecule has 0 spiro atoms. The molecule has 1 saturated heterocycles. The number of methoxy groups -OCH3 is 1. The van der Waals surface area contributed by atoms with Gasteiger partial charge in [0.15, 0.2) is 0 Å². The third-order valence-corrected chi connectivity index (χ3v) is 4.55. The maximum Gasteiger partial charge on any atom is 0.273 e. The highest BCUT2D eigenvalue weighted by Gasteiger charge is 2.24. The summed E-state index contributed by atoms with van der Waals surface area (Å²) < 4.78 is 12.1. The molecule has 2 rings (SSSR count). The van der Waals surface area contributed by atoms with Crippen molar-refractivity contribution in [1.29, 1.82) is 0 Å². The van der Waals surface area contributed by atoms with Crippen LogP contribution in [0.4, 0.5) is 0 Å². The molecule has 0 radical (unpaired) electrons. The minimum Gasteiger partial charge on any atom is -0.473 e. The molecule has 1 aliphatic rings. The van der Waals surface area contributed by atoms with E-state index in [0.717, 1.165) is 16.0 Å². The predicted molar refractivity (Wildman–Crippen MR) is 69.0 cm³/mol. The number of halogens is 1. The fourth-order valence-corrected chi connectivity index (χ4v) is 3.18. The highest BCUT2D eigenvalue weighted by molar-refractivity contribution is 14.1. The maximum atomic E-state index is 5.99. The highest BCUT2D eigenvalue weighted by atomic mass is 127. The molecule has 3 nitrogen and oxygen atoms in total. The Balaban J connectivity index is 2.03. The Kier molecular flexibility index (Phi) is 4.21. The number of rotatable bonds is 3. The van der Waals surface area contributed by atoms with Crippen LogP contribution in [0.1, 0.15) is 30.2 Å². The van der Waals surface area contributed by atoms with E-state index < -0.39 is 0 Å². The van der Waals surface area contributed by atoms with Crippen molar-refractivity contribution in [1.82, 2.24) is 4.98 Å². The van der Waals surface area contributed by atoms with Crippen LogP contribution in [0.3, 0.4) is 0 Å². The van der Waals surface area contributed by atoms with Gasteiger partial charge in [-0.25, -0.2) is 4.98 Å². The Morgan fingerprint density at radius 3 is 3.20 bits per heavy atom. The molecule has 2 unspecified atom stereocenters. The van der Waals surface area contributed by atoms with E-state index in [9.17, 15) is 0 Å². The van der Waals surface area contributed by atoms with E-state index in [1.165, 1.54) is 17.7 Å². The van der Waals surface area contributed by atoms with Crippen molar-refractivity contribution < 1.29 is 9.47 Å². The molecule has 0 bridgehead atoms. The first-order chi connectivity index (χ1) is 7.33. The number of alkyl halides is 1. The first-order valence-electron chi connectivity index (χ1n) is 5.04.